The number of aliphatic carboxylic acids is 1. The highest BCUT2D eigenvalue weighted by molar-refractivity contribution is 5.96. The summed E-state index contributed by atoms with van der Waals surface area (Å²) in [6.45, 7) is 1.85. The van der Waals surface area contributed by atoms with Gasteiger partial charge in [-0.15, -0.1) is 0 Å². The van der Waals surface area contributed by atoms with Crippen molar-refractivity contribution in [3.63, 3.8) is 0 Å². The molecular weight excluding hydrogens is 230 g/mol. The monoisotopic (exact) mass is 245 g/mol. The van der Waals surface area contributed by atoms with Gasteiger partial charge in [0.15, 0.2) is 0 Å². The third-order valence-corrected chi connectivity index (χ3v) is 2.83. The average Bonchev–Trinajstić information content (AvgIpc) is 3.10. The quantitative estimate of drug-likeness (QED) is 0.797. The van der Waals surface area contributed by atoms with Crippen LogP contribution in [-0.4, -0.2) is 23.0 Å². The summed E-state index contributed by atoms with van der Waals surface area (Å²) in [5.41, 5.74) is 2.27. The second-order valence-electron chi connectivity index (χ2n) is 4.49. The van der Waals surface area contributed by atoms with Gasteiger partial charge in [0.05, 0.1) is 0 Å². The topological polar surface area (TPSA) is 66.4 Å². The molecule has 94 valence electrons. The van der Waals surface area contributed by atoms with Crippen molar-refractivity contribution in [1.29, 1.82) is 0 Å². The summed E-state index contributed by atoms with van der Waals surface area (Å²) in [6.07, 6.45) is 4.71. The van der Waals surface area contributed by atoms with E-state index in [2.05, 4.69) is 5.32 Å². The molecule has 2 rings (SSSR count). The van der Waals surface area contributed by atoms with Crippen LogP contribution in [0.5, 0.6) is 0 Å². The predicted molar refractivity (Wildman–Crippen MR) is 68.3 cm³/mol. The molecule has 0 atom stereocenters. The maximum atomic E-state index is 11.9. The first-order valence-corrected chi connectivity index (χ1v) is 5.89. The summed E-state index contributed by atoms with van der Waals surface area (Å²) in [5, 5.41) is 11.5. The normalized spacial score (nSPS) is 14.7. The summed E-state index contributed by atoms with van der Waals surface area (Å²) < 4.78 is 0. The maximum absolute atomic E-state index is 11.9. The highest BCUT2D eigenvalue weighted by atomic mass is 16.4. The van der Waals surface area contributed by atoms with Crippen LogP contribution >= 0.6 is 0 Å². The van der Waals surface area contributed by atoms with E-state index in [9.17, 15) is 9.59 Å². The van der Waals surface area contributed by atoms with E-state index in [0.29, 0.717) is 11.6 Å². The van der Waals surface area contributed by atoms with Gasteiger partial charge in [-0.05, 0) is 43.0 Å². The Morgan fingerprint density at radius 2 is 2.11 bits per heavy atom. The maximum Gasteiger partial charge on any atom is 0.328 e. The number of carboxylic acid groups (broad SMARTS) is 1. The zero-order chi connectivity index (χ0) is 13.1. The molecule has 1 aromatic rings. The van der Waals surface area contributed by atoms with Gasteiger partial charge >= 0.3 is 5.97 Å². The van der Waals surface area contributed by atoms with E-state index < -0.39 is 5.97 Å². The van der Waals surface area contributed by atoms with Gasteiger partial charge in [-0.1, -0.05) is 12.1 Å². The van der Waals surface area contributed by atoms with Crippen LogP contribution in [0.2, 0.25) is 0 Å². The number of hydrogen-bond acceptors (Lipinski definition) is 2. The molecule has 1 saturated carbocycles. The molecule has 18 heavy (non-hydrogen) atoms. The first kappa shape index (κ1) is 12.4. The Morgan fingerprint density at radius 3 is 2.67 bits per heavy atom. The van der Waals surface area contributed by atoms with Gasteiger partial charge in [-0.25, -0.2) is 4.79 Å². The minimum Gasteiger partial charge on any atom is -0.478 e. The zero-order valence-electron chi connectivity index (χ0n) is 10.1. The molecule has 4 heteroatoms. The number of carbonyl (C=O) groups is 2. The SMILES string of the molecule is Cc1cc(/C=C/C(=O)O)ccc1C(=O)NC1CC1. The van der Waals surface area contributed by atoms with Crippen LogP contribution in [0.25, 0.3) is 6.08 Å². The fraction of sp³-hybridized carbons (Fsp3) is 0.286. The first-order valence-electron chi connectivity index (χ1n) is 5.89. The summed E-state index contributed by atoms with van der Waals surface area (Å²) in [4.78, 5) is 22.3. The van der Waals surface area contributed by atoms with Gasteiger partial charge < -0.3 is 10.4 Å². The van der Waals surface area contributed by atoms with Crippen LogP contribution in [0.3, 0.4) is 0 Å². The molecule has 0 radical (unpaired) electrons. The molecule has 0 aliphatic heterocycles. The second-order valence-corrected chi connectivity index (χ2v) is 4.49. The van der Waals surface area contributed by atoms with Gasteiger partial charge in [0.1, 0.15) is 0 Å². The molecule has 0 saturated heterocycles. The molecule has 0 spiro atoms. The van der Waals surface area contributed by atoms with Crippen LogP contribution in [0.1, 0.15) is 34.3 Å². The van der Waals surface area contributed by atoms with Crippen molar-refractivity contribution in [2.24, 2.45) is 0 Å². The third kappa shape index (κ3) is 3.20. The molecule has 1 aliphatic carbocycles. The summed E-state index contributed by atoms with van der Waals surface area (Å²) in [5.74, 6) is -1.04. The van der Waals surface area contributed by atoms with Gasteiger partial charge in [-0.2, -0.15) is 0 Å². The van der Waals surface area contributed by atoms with Crippen LogP contribution in [0.4, 0.5) is 0 Å². The molecule has 1 amide bonds. The number of hydrogen-bond donors (Lipinski definition) is 2. The van der Waals surface area contributed by atoms with E-state index in [1.165, 1.54) is 6.08 Å². The minimum absolute atomic E-state index is 0.0521. The Bertz CT molecular complexity index is 516. The molecular formula is C14H15NO3. The van der Waals surface area contributed by atoms with Crippen molar-refractivity contribution in [3.05, 3.63) is 41.0 Å². The van der Waals surface area contributed by atoms with E-state index in [0.717, 1.165) is 30.0 Å². The number of amides is 1. The largest absolute Gasteiger partial charge is 0.478 e. The Hall–Kier alpha value is -2.10. The summed E-state index contributed by atoms with van der Waals surface area (Å²) in [6, 6.07) is 5.62. The van der Waals surface area contributed by atoms with Crippen molar-refractivity contribution in [1.82, 2.24) is 5.32 Å². The van der Waals surface area contributed by atoms with Crippen molar-refractivity contribution in [3.8, 4) is 0 Å². The molecule has 0 heterocycles. The van der Waals surface area contributed by atoms with Crippen molar-refractivity contribution in [2.75, 3.05) is 0 Å². The zero-order valence-corrected chi connectivity index (χ0v) is 10.1. The Kier molecular flexibility index (Phi) is 3.46. The van der Waals surface area contributed by atoms with E-state index >= 15 is 0 Å². The third-order valence-electron chi connectivity index (χ3n) is 2.83. The fourth-order valence-electron chi connectivity index (χ4n) is 1.70. The van der Waals surface area contributed by atoms with Gasteiger partial charge in [-0.3, -0.25) is 4.79 Å². The van der Waals surface area contributed by atoms with Crippen molar-refractivity contribution in [2.45, 2.75) is 25.8 Å². The number of benzene rings is 1. The highest BCUT2D eigenvalue weighted by Crippen LogP contribution is 2.20. The minimum atomic E-state index is -0.983. The van der Waals surface area contributed by atoms with Gasteiger partial charge in [0, 0.05) is 17.7 Å². The number of carbonyl (C=O) groups excluding carboxylic acids is 1. The van der Waals surface area contributed by atoms with Gasteiger partial charge in [0.2, 0.25) is 0 Å². The number of nitrogens with one attached hydrogen (secondary N) is 1. The Morgan fingerprint density at radius 1 is 1.39 bits per heavy atom. The summed E-state index contributed by atoms with van der Waals surface area (Å²) >= 11 is 0. The van der Waals surface area contributed by atoms with Crippen LogP contribution in [0, 0.1) is 6.92 Å². The van der Waals surface area contributed by atoms with Crippen molar-refractivity contribution >= 4 is 18.0 Å². The van der Waals surface area contributed by atoms with Crippen LogP contribution in [-0.2, 0) is 4.79 Å². The predicted octanol–water partition coefficient (Wildman–Crippen LogP) is 1.99. The second kappa shape index (κ2) is 5.04. The first-order chi connectivity index (χ1) is 8.56. The molecule has 0 bridgehead atoms. The fourth-order valence-corrected chi connectivity index (χ4v) is 1.70. The molecule has 1 fully saturated rings. The molecule has 4 nitrogen and oxygen atoms in total. The Labute approximate surface area is 105 Å². The van der Waals surface area contributed by atoms with E-state index in [1.807, 2.05) is 6.92 Å². The van der Waals surface area contributed by atoms with Gasteiger partial charge in [0.25, 0.3) is 5.91 Å². The lowest BCUT2D eigenvalue weighted by atomic mass is 10.0. The molecule has 0 aromatic heterocycles. The van der Waals surface area contributed by atoms with E-state index in [1.54, 1.807) is 18.2 Å². The van der Waals surface area contributed by atoms with Crippen LogP contribution < -0.4 is 5.32 Å². The molecule has 2 N–H and O–H groups in total. The molecule has 1 aromatic carbocycles. The van der Waals surface area contributed by atoms with E-state index in [-0.39, 0.29) is 5.91 Å². The number of aryl methyl sites for hydroxylation is 1. The lowest BCUT2D eigenvalue weighted by Gasteiger charge is -2.07. The standard InChI is InChI=1S/C14H15NO3/c1-9-8-10(3-7-13(16)17)2-6-12(9)14(18)15-11-4-5-11/h2-3,6-8,11H,4-5H2,1H3,(H,15,18)(H,16,17)/b7-3+. The highest BCUT2D eigenvalue weighted by Gasteiger charge is 2.24. The lowest BCUT2D eigenvalue weighted by Crippen LogP contribution is -2.26. The molecule has 1 aliphatic rings. The number of rotatable bonds is 4. The Balaban J connectivity index is 2.13. The summed E-state index contributed by atoms with van der Waals surface area (Å²) in [7, 11) is 0. The van der Waals surface area contributed by atoms with E-state index in [4.69, 9.17) is 5.11 Å². The van der Waals surface area contributed by atoms with Crippen LogP contribution in [0.15, 0.2) is 24.3 Å². The average molecular weight is 245 g/mol. The van der Waals surface area contributed by atoms with Crippen molar-refractivity contribution < 1.29 is 14.7 Å². The number of carboxylic acids is 1. The lowest BCUT2D eigenvalue weighted by molar-refractivity contribution is -0.131. The smallest absolute Gasteiger partial charge is 0.328 e. The molecule has 0 unspecified atom stereocenters.